The van der Waals surface area contributed by atoms with E-state index in [0.717, 1.165) is 17.8 Å². The minimum Gasteiger partial charge on any atom is -0.328 e. The van der Waals surface area contributed by atoms with Crippen LogP contribution in [0.25, 0.3) is 0 Å². The summed E-state index contributed by atoms with van der Waals surface area (Å²) in [5, 5.41) is 0. The summed E-state index contributed by atoms with van der Waals surface area (Å²) < 4.78 is 0. The number of nitrogens with two attached hydrogens (primary N) is 1. The molecule has 2 aliphatic rings. The van der Waals surface area contributed by atoms with E-state index in [1.165, 1.54) is 32.1 Å². The number of hydrogen-bond donors (Lipinski definition) is 1. The molecule has 1 nitrogen and oxygen atoms in total. The van der Waals surface area contributed by atoms with Gasteiger partial charge in [0.1, 0.15) is 0 Å². The first kappa shape index (κ1) is 7.60. The monoisotopic (exact) mass is 153 g/mol. The van der Waals surface area contributed by atoms with E-state index in [0.29, 0.717) is 6.04 Å². The van der Waals surface area contributed by atoms with Crippen molar-refractivity contribution in [2.75, 3.05) is 0 Å². The highest BCUT2D eigenvalue weighted by Crippen LogP contribution is 2.50. The summed E-state index contributed by atoms with van der Waals surface area (Å²) in [4.78, 5) is 0. The van der Waals surface area contributed by atoms with Crippen LogP contribution in [0.4, 0.5) is 0 Å². The summed E-state index contributed by atoms with van der Waals surface area (Å²) in [5.41, 5.74) is 5.82. The van der Waals surface area contributed by atoms with Crippen LogP contribution in [0.3, 0.4) is 0 Å². The topological polar surface area (TPSA) is 26.0 Å². The van der Waals surface area contributed by atoms with Crippen molar-refractivity contribution in [3.63, 3.8) is 0 Å². The van der Waals surface area contributed by atoms with Crippen LogP contribution in [-0.2, 0) is 0 Å². The second kappa shape index (κ2) is 2.78. The van der Waals surface area contributed by atoms with E-state index in [1.807, 2.05) is 0 Å². The van der Waals surface area contributed by atoms with Gasteiger partial charge in [-0.05, 0) is 56.8 Å². The molecule has 0 spiro atoms. The van der Waals surface area contributed by atoms with Crippen molar-refractivity contribution >= 4 is 0 Å². The molecule has 2 fully saturated rings. The fraction of sp³-hybridized carbons (Fsp3) is 1.00. The molecule has 2 aliphatic carbocycles. The van der Waals surface area contributed by atoms with E-state index in [9.17, 15) is 0 Å². The van der Waals surface area contributed by atoms with Crippen molar-refractivity contribution in [3.05, 3.63) is 0 Å². The van der Waals surface area contributed by atoms with E-state index in [-0.39, 0.29) is 0 Å². The zero-order chi connectivity index (χ0) is 7.84. The second-order valence-electron chi connectivity index (χ2n) is 4.55. The molecule has 0 saturated heterocycles. The fourth-order valence-corrected chi connectivity index (χ4v) is 3.20. The molecule has 64 valence electrons. The molecule has 0 aromatic rings. The van der Waals surface area contributed by atoms with Gasteiger partial charge in [0.2, 0.25) is 0 Å². The van der Waals surface area contributed by atoms with Crippen LogP contribution >= 0.6 is 0 Å². The maximum absolute atomic E-state index is 5.82. The predicted octanol–water partition coefficient (Wildman–Crippen LogP) is 2.16. The molecular weight excluding hydrogens is 134 g/mol. The molecule has 2 saturated carbocycles. The van der Waals surface area contributed by atoms with Gasteiger partial charge in [-0.1, -0.05) is 0 Å². The van der Waals surface area contributed by atoms with Crippen LogP contribution in [0.15, 0.2) is 0 Å². The molecule has 0 radical (unpaired) electrons. The molecule has 0 aliphatic heterocycles. The average Bonchev–Trinajstić information content (AvgIpc) is 2.48. The first-order valence-electron chi connectivity index (χ1n) is 5.03. The van der Waals surface area contributed by atoms with Crippen molar-refractivity contribution in [1.82, 2.24) is 0 Å². The lowest BCUT2D eigenvalue weighted by Gasteiger charge is -2.17. The minimum absolute atomic E-state index is 0.432. The van der Waals surface area contributed by atoms with Crippen LogP contribution < -0.4 is 5.73 Å². The van der Waals surface area contributed by atoms with Crippen LogP contribution in [0, 0.1) is 17.8 Å². The quantitative estimate of drug-likeness (QED) is 0.646. The Labute approximate surface area is 69.4 Å². The lowest BCUT2D eigenvalue weighted by molar-refractivity contribution is 0.353. The lowest BCUT2D eigenvalue weighted by Crippen LogP contribution is -2.21. The molecule has 0 heterocycles. The Hall–Kier alpha value is -0.0400. The smallest absolute Gasteiger partial charge is 0.00133 e. The molecule has 1 atom stereocenters. The molecule has 0 aromatic carbocycles. The third-order valence-electron chi connectivity index (χ3n) is 3.67. The first-order valence-corrected chi connectivity index (χ1v) is 5.03. The molecular formula is C10H19N. The third kappa shape index (κ3) is 1.31. The molecule has 2 rings (SSSR count). The zero-order valence-corrected chi connectivity index (χ0v) is 7.42. The Morgan fingerprint density at radius 1 is 1.18 bits per heavy atom. The van der Waals surface area contributed by atoms with E-state index in [4.69, 9.17) is 5.73 Å². The van der Waals surface area contributed by atoms with Crippen molar-refractivity contribution in [3.8, 4) is 0 Å². The molecule has 2 bridgehead atoms. The van der Waals surface area contributed by atoms with Crippen molar-refractivity contribution in [2.24, 2.45) is 23.5 Å². The maximum atomic E-state index is 5.82. The highest BCUT2D eigenvalue weighted by atomic mass is 14.6. The molecule has 11 heavy (non-hydrogen) atoms. The lowest BCUT2D eigenvalue weighted by atomic mass is 9.91. The number of hydrogen-bond acceptors (Lipinski definition) is 1. The van der Waals surface area contributed by atoms with Gasteiger partial charge in [0.15, 0.2) is 0 Å². The van der Waals surface area contributed by atoms with Crippen molar-refractivity contribution < 1.29 is 0 Å². The SMILES string of the molecule is CC(N)CC1C2CCC1CC2. The van der Waals surface area contributed by atoms with E-state index in [2.05, 4.69) is 6.92 Å². The highest BCUT2D eigenvalue weighted by molar-refractivity contribution is 4.92. The molecule has 1 unspecified atom stereocenters. The largest absolute Gasteiger partial charge is 0.328 e. The molecule has 0 aromatic heterocycles. The Bertz CT molecular complexity index is 122. The summed E-state index contributed by atoms with van der Waals surface area (Å²) in [6, 6.07) is 0.432. The summed E-state index contributed by atoms with van der Waals surface area (Å²) in [7, 11) is 0. The zero-order valence-electron chi connectivity index (χ0n) is 7.42. The molecule has 0 amide bonds. The average molecular weight is 153 g/mol. The second-order valence-corrected chi connectivity index (χ2v) is 4.55. The van der Waals surface area contributed by atoms with Crippen molar-refractivity contribution in [2.45, 2.75) is 45.1 Å². The van der Waals surface area contributed by atoms with Gasteiger partial charge in [-0.15, -0.1) is 0 Å². The van der Waals surface area contributed by atoms with Gasteiger partial charge in [0.25, 0.3) is 0 Å². The van der Waals surface area contributed by atoms with Crippen molar-refractivity contribution in [1.29, 1.82) is 0 Å². The van der Waals surface area contributed by atoms with E-state index < -0.39 is 0 Å². The standard InChI is InChI=1S/C10H19N/c1-7(11)6-10-8-2-3-9(10)5-4-8/h7-10H,2-6,11H2,1H3. The van der Waals surface area contributed by atoms with Gasteiger partial charge in [0.05, 0.1) is 0 Å². The van der Waals surface area contributed by atoms with Crippen LogP contribution in [0.2, 0.25) is 0 Å². The van der Waals surface area contributed by atoms with E-state index >= 15 is 0 Å². The minimum atomic E-state index is 0.432. The van der Waals surface area contributed by atoms with Gasteiger partial charge in [-0.3, -0.25) is 0 Å². The Kier molecular flexibility index (Phi) is 1.92. The van der Waals surface area contributed by atoms with Gasteiger partial charge in [-0.25, -0.2) is 0 Å². The summed E-state index contributed by atoms with van der Waals surface area (Å²) >= 11 is 0. The van der Waals surface area contributed by atoms with Gasteiger partial charge < -0.3 is 5.73 Å². The molecule has 1 heteroatoms. The first-order chi connectivity index (χ1) is 5.27. The highest BCUT2D eigenvalue weighted by Gasteiger charge is 2.41. The number of rotatable bonds is 2. The summed E-state index contributed by atoms with van der Waals surface area (Å²) in [5.74, 6) is 3.13. The Balaban J connectivity index is 1.94. The Morgan fingerprint density at radius 3 is 2.00 bits per heavy atom. The number of fused-ring (bicyclic) bond motifs is 2. The maximum Gasteiger partial charge on any atom is 0.00133 e. The summed E-state index contributed by atoms with van der Waals surface area (Å²) in [6.07, 6.45) is 7.30. The van der Waals surface area contributed by atoms with Crippen LogP contribution in [0.5, 0.6) is 0 Å². The molecule has 2 N–H and O–H groups in total. The third-order valence-corrected chi connectivity index (χ3v) is 3.67. The van der Waals surface area contributed by atoms with Gasteiger partial charge in [0, 0.05) is 6.04 Å². The fourth-order valence-electron chi connectivity index (χ4n) is 3.20. The predicted molar refractivity (Wildman–Crippen MR) is 47.2 cm³/mol. The summed E-state index contributed by atoms with van der Waals surface area (Å²) in [6.45, 7) is 2.15. The van der Waals surface area contributed by atoms with Gasteiger partial charge in [-0.2, -0.15) is 0 Å². The normalized spacial score (nSPS) is 44.7. The van der Waals surface area contributed by atoms with Crippen LogP contribution in [0.1, 0.15) is 39.0 Å². The van der Waals surface area contributed by atoms with Crippen LogP contribution in [-0.4, -0.2) is 6.04 Å². The Morgan fingerprint density at radius 2 is 1.64 bits per heavy atom. The van der Waals surface area contributed by atoms with Gasteiger partial charge >= 0.3 is 0 Å². The van der Waals surface area contributed by atoms with E-state index in [1.54, 1.807) is 0 Å².